The summed E-state index contributed by atoms with van der Waals surface area (Å²) in [5.41, 5.74) is 9.90. The van der Waals surface area contributed by atoms with Crippen LogP contribution in [-0.4, -0.2) is 12.6 Å². The number of rotatable bonds is 6. The van der Waals surface area contributed by atoms with Gasteiger partial charge in [-0.25, -0.2) is 0 Å². The minimum atomic E-state index is 0.282. The summed E-state index contributed by atoms with van der Waals surface area (Å²) in [6.07, 6.45) is 2.17. The Morgan fingerprint density at radius 1 is 1.17 bits per heavy atom. The first kappa shape index (κ1) is 15.0. The molecule has 1 rings (SSSR count). The van der Waals surface area contributed by atoms with Crippen LogP contribution in [0.2, 0.25) is 0 Å². The summed E-state index contributed by atoms with van der Waals surface area (Å²) in [7, 11) is 0. The van der Waals surface area contributed by atoms with Crippen LogP contribution in [0.25, 0.3) is 0 Å². The van der Waals surface area contributed by atoms with E-state index in [2.05, 4.69) is 39.8 Å². The van der Waals surface area contributed by atoms with E-state index in [1.54, 1.807) is 0 Å². The lowest BCUT2D eigenvalue weighted by molar-refractivity contribution is 0.337. The van der Waals surface area contributed by atoms with Gasteiger partial charge in [0.15, 0.2) is 0 Å². The van der Waals surface area contributed by atoms with Crippen molar-refractivity contribution in [2.45, 2.75) is 53.5 Å². The summed E-state index contributed by atoms with van der Waals surface area (Å²) in [4.78, 5) is 0. The third-order valence-electron chi connectivity index (χ3n) is 3.49. The molecular weight excluding hydrogens is 222 g/mol. The average molecular weight is 249 g/mol. The first-order valence-electron chi connectivity index (χ1n) is 6.93. The lowest BCUT2D eigenvalue weighted by Crippen LogP contribution is -2.19. The van der Waals surface area contributed by atoms with Gasteiger partial charge < -0.3 is 10.5 Å². The number of hydrogen-bond acceptors (Lipinski definition) is 2. The third kappa shape index (κ3) is 4.02. The summed E-state index contributed by atoms with van der Waals surface area (Å²) >= 11 is 0. The van der Waals surface area contributed by atoms with E-state index in [9.17, 15) is 0 Å². The van der Waals surface area contributed by atoms with Crippen LogP contribution in [0.15, 0.2) is 12.1 Å². The van der Waals surface area contributed by atoms with Crippen LogP contribution < -0.4 is 10.5 Å². The maximum absolute atomic E-state index is 5.86. The zero-order valence-corrected chi connectivity index (χ0v) is 12.4. The van der Waals surface area contributed by atoms with Crippen LogP contribution in [0, 0.1) is 19.8 Å². The van der Waals surface area contributed by atoms with Gasteiger partial charge in [0, 0.05) is 6.04 Å². The largest absolute Gasteiger partial charge is 0.494 e. The van der Waals surface area contributed by atoms with Crippen LogP contribution in [0.3, 0.4) is 0 Å². The first-order valence-corrected chi connectivity index (χ1v) is 6.93. The van der Waals surface area contributed by atoms with Gasteiger partial charge in [-0.15, -0.1) is 0 Å². The highest BCUT2D eigenvalue weighted by atomic mass is 16.5. The molecule has 2 atom stereocenters. The molecule has 0 amide bonds. The molecule has 0 aliphatic rings. The van der Waals surface area contributed by atoms with Crippen LogP contribution in [0.1, 0.15) is 43.9 Å². The van der Waals surface area contributed by atoms with E-state index in [0.29, 0.717) is 5.92 Å². The molecule has 0 aromatic heterocycles. The fraction of sp³-hybridized carbons (Fsp3) is 0.625. The molecule has 0 fully saturated rings. The van der Waals surface area contributed by atoms with Crippen molar-refractivity contribution in [2.75, 3.05) is 6.61 Å². The van der Waals surface area contributed by atoms with Gasteiger partial charge in [-0.05, 0) is 69.2 Å². The molecule has 1 aromatic carbocycles. The van der Waals surface area contributed by atoms with E-state index in [4.69, 9.17) is 10.5 Å². The molecule has 0 spiro atoms. The molecule has 2 N–H and O–H groups in total. The van der Waals surface area contributed by atoms with Crippen LogP contribution in [0.5, 0.6) is 5.75 Å². The van der Waals surface area contributed by atoms with Crippen molar-refractivity contribution in [2.24, 2.45) is 11.7 Å². The van der Waals surface area contributed by atoms with E-state index in [1.807, 2.05) is 6.92 Å². The minimum Gasteiger partial charge on any atom is -0.494 e. The zero-order chi connectivity index (χ0) is 13.7. The highest BCUT2D eigenvalue weighted by molar-refractivity contribution is 5.43. The van der Waals surface area contributed by atoms with Crippen molar-refractivity contribution >= 4 is 0 Å². The van der Waals surface area contributed by atoms with E-state index < -0.39 is 0 Å². The van der Waals surface area contributed by atoms with Crippen LogP contribution in [0.4, 0.5) is 0 Å². The Labute approximate surface area is 112 Å². The predicted molar refractivity (Wildman–Crippen MR) is 78.2 cm³/mol. The van der Waals surface area contributed by atoms with Gasteiger partial charge in [0.2, 0.25) is 0 Å². The Hall–Kier alpha value is -1.02. The maximum Gasteiger partial charge on any atom is 0.122 e. The monoisotopic (exact) mass is 249 g/mol. The minimum absolute atomic E-state index is 0.282. The van der Waals surface area contributed by atoms with Crippen LogP contribution in [-0.2, 0) is 6.42 Å². The maximum atomic E-state index is 5.86. The highest BCUT2D eigenvalue weighted by Gasteiger charge is 2.11. The number of benzene rings is 1. The van der Waals surface area contributed by atoms with Gasteiger partial charge in [0.25, 0.3) is 0 Å². The van der Waals surface area contributed by atoms with Gasteiger partial charge in [0.05, 0.1) is 6.61 Å². The Bertz CT molecular complexity index is 385. The molecule has 1 aromatic rings. The zero-order valence-electron chi connectivity index (χ0n) is 12.4. The Morgan fingerprint density at radius 2 is 1.83 bits per heavy atom. The van der Waals surface area contributed by atoms with Crippen molar-refractivity contribution in [3.63, 3.8) is 0 Å². The molecular formula is C16H27NO. The van der Waals surface area contributed by atoms with Gasteiger partial charge >= 0.3 is 0 Å². The fourth-order valence-electron chi connectivity index (χ4n) is 2.48. The molecule has 102 valence electrons. The SMILES string of the molecule is CCOc1ccc(CC(C)CC(C)N)c(C)c1C. The molecule has 0 saturated carbocycles. The summed E-state index contributed by atoms with van der Waals surface area (Å²) in [6.45, 7) is 11.4. The van der Waals surface area contributed by atoms with Crippen molar-refractivity contribution in [1.82, 2.24) is 0 Å². The van der Waals surface area contributed by atoms with E-state index in [-0.39, 0.29) is 6.04 Å². The Kier molecular flexibility index (Phi) is 5.67. The molecule has 0 radical (unpaired) electrons. The Balaban J connectivity index is 2.81. The van der Waals surface area contributed by atoms with Gasteiger partial charge in [-0.3, -0.25) is 0 Å². The summed E-state index contributed by atoms with van der Waals surface area (Å²) in [5.74, 6) is 1.64. The third-order valence-corrected chi connectivity index (χ3v) is 3.49. The van der Waals surface area contributed by atoms with Gasteiger partial charge in [-0.2, -0.15) is 0 Å². The molecule has 18 heavy (non-hydrogen) atoms. The van der Waals surface area contributed by atoms with Gasteiger partial charge in [-0.1, -0.05) is 13.0 Å². The van der Waals surface area contributed by atoms with Gasteiger partial charge in [0.1, 0.15) is 5.75 Å². The summed E-state index contributed by atoms with van der Waals surface area (Å²) < 4.78 is 5.62. The van der Waals surface area contributed by atoms with Crippen molar-refractivity contribution in [3.8, 4) is 5.75 Å². The van der Waals surface area contributed by atoms with Crippen molar-refractivity contribution in [1.29, 1.82) is 0 Å². The summed E-state index contributed by atoms with van der Waals surface area (Å²) in [5, 5.41) is 0. The molecule has 0 aliphatic heterocycles. The Morgan fingerprint density at radius 3 is 2.39 bits per heavy atom. The lowest BCUT2D eigenvalue weighted by atomic mass is 9.91. The second-order valence-corrected chi connectivity index (χ2v) is 5.43. The van der Waals surface area contributed by atoms with Crippen LogP contribution >= 0.6 is 0 Å². The highest BCUT2D eigenvalue weighted by Crippen LogP contribution is 2.26. The molecule has 2 unspecified atom stereocenters. The smallest absolute Gasteiger partial charge is 0.122 e. The lowest BCUT2D eigenvalue weighted by Gasteiger charge is -2.18. The molecule has 0 aliphatic carbocycles. The quantitative estimate of drug-likeness (QED) is 0.835. The normalized spacial score (nSPS) is 14.3. The van der Waals surface area contributed by atoms with Crippen molar-refractivity contribution in [3.05, 3.63) is 28.8 Å². The number of hydrogen-bond donors (Lipinski definition) is 1. The number of nitrogens with two attached hydrogens (primary N) is 1. The van der Waals surface area contributed by atoms with E-state index >= 15 is 0 Å². The van der Waals surface area contributed by atoms with E-state index in [0.717, 1.165) is 25.2 Å². The molecule has 0 bridgehead atoms. The molecule has 2 heteroatoms. The predicted octanol–water partition coefficient (Wildman–Crippen LogP) is 3.62. The first-order chi connectivity index (χ1) is 8.45. The summed E-state index contributed by atoms with van der Waals surface area (Å²) in [6, 6.07) is 4.58. The van der Waals surface area contributed by atoms with E-state index in [1.165, 1.54) is 16.7 Å². The average Bonchev–Trinajstić information content (AvgIpc) is 2.28. The van der Waals surface area contributed by atoms with Crippen molar-refractivity contribution < 1.29 is 4.74 Å². The second-order valence-electron chi connectivity index (χ2n) is 5.43. The number of ether oxygens (including phenoxy) is 1. The second kappa shape index (κ2) is 6.79. The fourth-order valence-corrected chi connectivity index (χ4v) is 2.48. The topological polar surface area (TPSA) is 35.2 Å². The molecule has 0 heterocycles. The molecule has 0 saturated heterocycles. The molecule has 2 nitrogen and oxygen atoms in total. The standard InChI is InChI=1S/C16H27NO/c1-6-18-16-8-7-15(13(4)14(16)5)10-11(2)9-12(3)17/h7-8,11-12H,6,9-10,17H2,1-5H3.